The number of hydrogen-bond donors (Lipinski definition) is 1. The van der Waals surface area contributed by atoms with Gasteiger partial charge in [0.1, 0.15) is 0 Å². The second kappa shape index (κ2) is 5.30. The molecule has 1 aliphatic heterocycles. The van der Waals surface area contributed by atoms with Gasteiger partial charge in [-0.3, -0.25) is 9.69 Å². The number of nitrogens with one attached hydrogen (secondary N) is 1. The van der Waals surface area contributed by atoms with E-state index in [2.05, 4.69) is 5.32 Å². The summed E-state index contributed by atoms with van der Waals surface area (Å²) in [5.41, 5.74) is 0.925. The first-order chi connectivity index (χ1) is 8.42. The summed E-state index contributed by atoms with van der Waals surface area (Å²) in [4.78, 5) is 12.5. The molecule has 0 saturated carbocycles. The van der Waals surface area contributed by atoms with Crippen molar-refractivity contribution in [2.75, 3.05) is 26.2 Å². The second-order valence-electron chi connectivity index (χ2n) is 5.02. The van der Waals surface area contributed by atoms with Gasteiger partial charge in [0.2, 0.25) is 0 Å². The van der Waals surface area contributed by atoms with Crippen molar-refractivity contribution in [3.8, 4) is 0 Å². The van der Waals surface area contributed by atoms with Crippen LogP contribution in [0.3, 0.4) is 0 Å². The molecule has 1 fully saturated rings. The Hall–Kier alpha value is -1.04. The number of carbonyl (C=O) groups excluding carboxylic acids is 1. The lowest BCUT2D eigenvalue weighted by molar-refractivity contribution is -0.143. The lowest BCUT2D eigenvalue weighted by atomic mass is 10.1. The van der Waals surface area contributed by atoms with Gasteiger partial charge in [-0.2, -0.15) is 13.2 Å². The van der Waals surface area contributed by atoms with Crippen molar-refractivity contribution in [3.63, 3.8) is 0 Å². The van der Waals surface area contributed by atoms with Crippen LogP contribution in [0.5, 0.6) is 0 Å². The third-order valence-electron chi connectivity index (χ3n) is 3.37. The highest BCUT2D eigenvalue weighted by Gasteiger charge is 2.34. The van der Waals surface area contributed by atoms with Gasteiger partial charge in [-0.05, 0) is 25.3 Å². The molecule has 2 rings (SSSR count). The van der Waals surface area contributed by atoms with Crippen LogP contribution in [0.1, 0.15) is 19.3 Å². The number of carbonyl (C=O) groups is 1. The minimum atomic E-state index is -4.11. The fourth-order valence-electron chi connectivity index (χ4n) is 2.49. The lowest BCUT2D eigenvalue weighted by Crippen LogP contribution is -2.33. The van der Waals surface area contributed by atoms with Crippen LogP contribution in [-0.2, 0) is 4.79 Å². The number of ketones is 1. The predicted molar refractivity (Wildman–Crippen MR) is 60.9 cm³/mol. The molecule has 0 amide bonds. The van der Waals surface area contributed by atoms with Crippen molar-refractivity contribution in [3.05, 3.63) is 11.8 Å². The summed E-state index contributed by atoms with van der Waals surface area (Å²) < 4.78 is 36.6. The van der Waals surface area contributed by atoms with E-state index in [1.807, 2.05) is 0 Å². The highest BCUT2D eigenvalue weighted by atomic mass is 19.4. The maximum atomic E-state index is 12.2. The van der Waals surface area contributed by atoms with Gasteiger partial charge < -0.3 is 5.32 Å². The van der Waals surface area contributed by atoms with Gasteiger partial charge in [-0.25, -0.2) is 0 Å². The molecule has 102 valence electrons. The SMILES string of the molecule is O=C1C=C(NCC2CCN(CC(F)(F)F)C2)CC1. The van der Waals surface area contributed by atoms with Crippen molar-refractivity contribution in [1.29, 1.82) is 0 Å². The van der Waals surface area contributed by atoms with E-state index in [0.29, 0.717) is 26.1 Å². The van der Waals surface area contributed by atoms with Crippen LogP contribution >= 0.6 is 0 Å². The fraction of sp³-hybridized carbons (Fsp3) is 0.750. The van der Waals surface area contributed by atoms with Crippen molar-refractivity contribution in [1.82, 2.24) is 10.2 Å². The van der Waals surface area contributed by atoms with Gasteiger partial charge in [0.15, 0.2) is 5.78 Å². The summed E-state index contributed by atoms with van der Waals surface area (Å²) in [5.74, 6) is 0.367. The molecular weight excluding hydrogens is 245 g/mol. The predicted octanol–water partition coefficient (Wildman–Crippen LogP) is 1.71. The molecular formula is C12H17F3N2O. The van der Waals surface area contributed by atoms with E-state index in [0.717, 1.165) is 18.5 Å². The maximum Gasteiger partial charge on any atom is 0.401 e. The summed E-state index contributed by atoms with van der Waals surface area (Å²) in [5, 5.41) is 3.17. The zero-order chi connectivity index (χ0) is 13.2. The van der Waals surface area contributed by atoms with Crippen molar-refractivity contribution in [2.24, 2.45) is 5.92 Å². The topological polar surface area (TPSA) is 32.3 Å². The van der Waals surface area contributed by atoms with Crippen molar-refractivity contribution < 1.29 is 18.0 Å². The summed E-state index contributed by atoms with van der Waals surface area (Å²) in [6.07, 6.45) is -0.444. The average Bonchev–Trinajstić information content (AvgIpc) is 2.82. The fourth-order valence-corrected chi connectivity index (χ4v) is 2.49. The standard InChI is InChI=1S/C12H17F3N2O/c13-12(14,15)8-17-4-3-9(7-17)6-16-10-1-2-11(18)5-10/h5,9,16H,1-4,6-8H2. The van der Waals surface area contributed by atoms with E-state index in [1.54, 1.807) is 6.08 Å². The third kappa shape index (κ3) is 4.01. The number of allylic oxidation sites excluding steroid dienone is 2. The third-order valence-corrected chi connectivity index (χ3v) is 3.37. The van der Waals surface area contributed by atoms with Gasteiger partial charge in [-0.15, -0.1) is 0 Å². The molecule has 1 saturated heterocycles. The van der Waals surface area contributed by atoms with Crippen LogP contribution in [0.25, 0.3) is 0 Å². The number of rotatable bonds is 4. The Morgan fingerprint density at radius 1 is 1.39 bits per heavy atom. The van der Waals surface area contributed by atoms with Crippen LogP contribution in [0.15, 0.2) is 11.8 Å². The van der Waals surface area contributed by atoms with E-state index in [9.17, 15) is 18.0 Å². The molecule has 6 heteroatoms. The second-order valence-corrected chi connectivity index (χ2v) is 5.02. The van der Waals surface area contributed by atoms with Crippen LogP contribution in [0, 0.1) is 5.92 Å². The molecule has 0 aromatic rings. The van der Waals surface area contributed by atoms with Crippen LogP contribution in [0.2, 0.25) is 0 Å². The van der Waals surface area contributed by atoms with E-state index >= 15 is 0 Å². The van der Waals surface area contributed by atoms with E-state index in [1.165, 1.54) is 4.90 Å². The smallest absolute Gasteiger partial charge is 0.388 e. The molecule has 0 radical (unpaired) electrons. The molecule has 2 aliphatic rings. The number of hydrogen-bond acceptors (Lipinski definition) is 3. The molecule has 0 aromatic carbocycles. The van der Waals surface area contributed by atoms with Gasteiger partial charge in [0.05, 0.1) is 6.54 Å². The maximum absolute atomic E-state index is 12.2. The molecule has 1 atom stereocenters. The Balaban J connectivity index is 1.70. The van der Waals surface area contributed by atoms with Gasteiger partial charge in [-0.1, -0.05) is 0 Å². The molecule has 0 aromatic heterocycles. The number of halogens is 3. The van der Waals surface area contributed by atoms with Gasteiger partial charge in [0, 0.05) is 31.3 Å². The molecule has 1 N–H and O–H groups in total. The van der Waals surface area contributed by atoms with Crippen molar-refractivity contribution in [2.45, 2.75) is 25.4 Å². The van der Waals surface area contributed by atoms with Crippen LogP contribution < -0.4 is 5.32 Å². The van der Waals surface area contributed by atoms with Gasteiger partial charge in [0.25, 0.3) is 0 Å². The molecule has 3 nitrogen and oxygen atoms in total. The molecule has 0 bridgehead atoms. The van der Waals surface area contributed by atoms with Crippen LogP contribution in [0.4, 0.5) is 13.2 Å². The minimum absolute atomic E-state index is 0.127. The molecule has 0 spiro atoms. The zero-order valence-corrected chi connectivity index (χ0v) is 10.1. The molecule has 1 heterocycles. The van der Waals surface area contributed by atoms with Gasteiger partial charge >= 0.3 is 6.18 Å². The summed E-state index contributed by atoms with van der Waals surface area (Å²) >= 11 is 0. The largest absolute Gasteiger partial charge is 0.401 e. The highest BCUT2D eigenvalue weighted by Crippen LogP contribution is 2.23. The Morgan fingerprint density at radius 3 is 2.78 bits per heavy atom. The van der Waals surface area contributed by atoms with Crippen LogP contribution in [-0.4, -0.2) is 43.0 Å². The molecule has 1 unspecified atom stereocenters. The van der Waals surface area contributed by atoms with E-state index < -0.39 is 12.7 Å². The monoisotopic (exact) mass is 262 g/mol. The Bertz CT molecular complexity index is 352. The number of alkyl halides is 3. The summed E-state index contributed by atoms with van der Waals surface area (Å²) in [7, 11) is 0. The Morgan fingerprint density at radius 2 is 2.17 bits per heavy atom. The summed E-state index contributed by atoms with van der Waals surface area (Å²) in [6.45, 7) is 0.829. The highest BCUT2D eigenvalue weighted by molar-refractivity contribution is 5.92. The van der Waals surface area contributed by atoms with E-state index in [-0.39, 0.29) is 11.7 Å². The first kappa shape index (κ1) is 13.4. The Labute approximate surface area is 104 Å². The number of likely N-dealkylation sites (tertiary alicyclic amines) is 1. The van der Waals surface area contributed by atoms with Crippen molar-refractivity contribution >= 4 is 5.78 Å². The van der Waals surface area contributed by atoms with E-state index in [4.69, 9.17) is 0 Å². The lowest BCUT2D eigenvalue weighted by Gasteiger charge is -2.18. The average molecular weight is 262 g/mol. The first-order valence-electron chi connectivity index (χ1n) is 6.19. The Kier molecular flexibility index (Phi) is 3.94. The number of nitrogens with zero attached hydrogens (tertiary/aromatic N) is 1. The molecule has 18 heavy (non-hydrogen) atoms. The summed E-state index contributed by atoms with van der Waals surface area (Å²) in [6, 6.07) is 0. The minimum Gasteiger partial charge on any atom is -0.388 e. The zero-order valence-electron chi connectivity index (χ0n) is 10.1. The molecule has 1 aliphatic carbocycles. The first-order valence-corrected chi connectivity index (χ1v) is 6.19. The normalized spacial score (nSPS) is 25.6. The quantitative estimate of drug-likeness (QED) is 0.837.